The van der Waals surface area contributed by atoms with Gasteiger partial charge in [-0.3, -0.25) is 9.69 Å². The number of hydrogen-bond acceptors (Lipinski definition) is 5. The van der Waals surface area contributed by atoms with Crippen molar-refractivity contribution in [3.05, 3.63) is 17.5 Å². The topological polar surface area (TPSA) is 61.6 Å². The fourth-order valence-corrected chi connectivity index (χ4v) is 4.81. The van der Waals surface area contributed by atoms with Crippen molar-refractivity contribution in [1.82, 2.24) is 20.3 Å². The Bertz CT molecular complexity index is 604. The molecule has 1 N–H and O–H groups in total. The highest BCUT2D eigenvalue weighted by molar-refractivity contribution is 5.85. The molecular weight excluding hydrogens is 375 g/mol. The van der Waals surface area contributed by atoms with Crippen LogP contribution in [0.25, 0.3) is 0 Å². The largest absolute Gasteiger partial charge is 0.361 e. The van der Waals surface area contributed by atoms with Gasteiger partial charge in [-0.25, -0.2) is 0 Å². The number of aromatic nitrogens is 1. The third-order valence-corrected chi connectivity index (χ3v) is 6.19. The number of piperazine rings is 1. The van der Waals surface area contributed by atoms with E-state index in [0.717, 1.165) is 63.7 Å². The second kappa shape index (κ2) is 8.91. The minimum atomic E-state index is -0.107. The highest BCUT2D eigenvalue weighted by Crippen LogP contribution is 2.45. The average molecular weight is 405 g/mol. The molecule has 0 radical (unpaired) electrons. The average Bonchev–Trinajstić information content (AvgIpc) is 3.21. The molecule has 2 saturated heterocycles. The molecule has 1 amide bonds. The van der Waals surface area contributed by atoms with Crippen molar-refractivity contribution in [3.8, 4) is 0 Å². The van der Waals surface area contributed by atoms with Crippen molar-refractivity contribution in [2.45, 2.75) is 39.2 Å². The smallest absolute Gasteiger partial charge is 0.230 e. The molecule has 1 aromatic rings. The molecule has 6 nitrogen and oxygen atoms in total. The second-order valence-electron chi connectivity index (χ2n) is 7.73. The first-order chi connectivity index (χ1) is 11.7. The summed E-state index contributed by atoms with van der Waals surface area (Å²) in [6.07, 6.45) is 4.77. The number of hydrogen-bond donors (Lipinski definition) is 1. The van der Waals surface area contributed by atoms with E-state index in [1.165, 1.54) is 19.3 Å². The van der Waals surface area contributed by atoms with Gasteiger partial charge in [0.15, 0.2) is 0 Å². The number of nitrogens with zero attached hydrogens (tertiary/aromatic N) is 3. The van der Waals surface area contributed by atoms with E-state index >= 15 is 0 Å². The maximum Gasteiger partial charge on any atom is 0.230 e. The van der Waals surface area contributed by atoms with Crippen LogP contribution in [-0.4, -0.2) is 60.1 Å². The van der Waals surface area contributed by atoms with E-state index < -0.39 is 0 Å². The molecule has 8 heteroatoms. The van der Waals surface area contributed by atoms with Crippen LogP contribution in [0, 0.1) is 18.3 Å². The fourth-order valence-electron chi connectivity index (χ4n) is 4.81. The van der Waals surface area contributed by atoms with E-state index in [1.54, 1.807) is 0 Å². The van der Waals surface area contributed by atoms with Gasteiger partial charge in [-0.15, -0.1) is 24.8 Å². The van der Waals surface area contributed by atoms with Gasteiger partial charge in [-0.05, 0) is 32.2 Å². The van der Waals surface area contributed by atoms with Crippen molar-refractivity contribution in [3.63, 3.8) is 0 Å². The van der Waals surface area contributed by atoms with Crippen LogP contribution in [0.15, 0.2) is 10.6 Å². The highest BCUT2D eigenvalue weighted by atomic mass is 35.5. The molecular formula is C18H30Cl2N4O2. The lowest BCUT2D eigenvalue weighted by atomic mass is 9.67. The Morgan fingerprint density at radius 1 is 1.31 bits per heavy atom. The minimum absolute atomic E-state index is 0. The number of nitrogens with one attached hydrogen (secondary N) is 1. The molecule has 0 bridgehead atoms. The lowest BCUT2D eigenvalue weighted by molar-refractivity contribution is -0.147. The third-order valence-electron chi connectivity index (χ3n) is 6.19. The first-order valence-corrected chi connectivity index (χ1v) is 9.32. The normalized spacial score (nSPS) is 28.8. The van der Waals surface area contributed by atoms with Crippen molar-refractivity contribution in [1.29, 1.82) is 0 Å². The van der Waals surface area contributed by atoms with Gasteiger partial charge in [-0.1, -0.05) is 18.0 Å². The molecule has 1 aliphatic carbocycles. The number of fused-ring (bicyclic) bond motifs is 1. The molecule has 3 aliphatic rings. The quantitative estimate of drug-likeness (QED) is 0.836. The Labute approximate surface area is 167 Å². The number of carbonyl (C=O) groups is 1. The van der Waals surface area contributed by atoms with E-state index in [-0.39, 0.29) is 30.2 Å². The predicted octanol–water partition coefficient (Wildman–Crippen LogP) is 2.25. The first kappa shape index (κ1) is 21.5. The van der Waals surface area contributed by atoms with E-state index in [4.69, 9.17) is 4.52 Å². The molecule has 0 spiro atoms. The monoisotopic (exact) mass is 404 g/mol. The second-order valence-corrected chi connectivity index (χ2v) is 7.73. The molecule has 1 saturated carbocycles. The van der Waals surface area contributed by atoms with E-state index in [1.807, 2.05) is 13.0 Å². The summed E-state index contributed by atoms with van der Waals surface area (Å²) in [5.41, 5.74) is 0.877. The van der Waals surface area contributed by atoms with Gasteiger partial charge in [0, 0.05) is 45.3 Å². The third kappa shape index (κ3) is 4.03. The van der Waals surface area contributed by atoms with Gasteiger partial charge in [0.25, 0.3) is 0 Å². The van der Waals surface area contributed by atoms with Crippen LogP contribution in [0.5, 0.6) is 0 Å². The van der Waals surface area contributed by atoms with Crippen molar-refractivity contribution < 1.29 is 9.32 Å². The zero-order chi connectivity index (χ0) is 16.6. The molecule has 2 atom stereocenters. The maximum absolute atomic E-state index is 13.3. The van der Waals surface area contributed by atoms with Crippen LogP contribution < -0.4 is 5.32 Å². The molecule has 3 heterocycles. The summed E-state index contributed by atoms with van der Waals surface area (Å²) in [6, 6.07) is 1.99. The molecule has 4 rings (SSSR count). The zero-order valence-corrected chi connectivity index (χ0v) is 17.0. The number of halogens is 2. The summed E-state index contributed by atoms with van der Waals surface area (Å²) in [5.74, 6) is 1.82. The lowest BCUT2D eigenvalue weighted by Gasteiger charge is -2.43. The molecule has 26 heavy (non-hydrogen) atoms. The zero-order valence-electron chi connectivity index (χ0n) is 15.4. The van der Waals surface area contributed by atoms with Gasteiger partial charge in [0.2, 0.25) is 5.91 Å². The van der Waals surface area contributed by atoms with E-state index in [2.05, 4.69) is 20.3 Å². The van der Waals surface area contributed by atoms with Crippen LogP contribution in [0.1, 0.15) is 37.1 Å². The van der Waals surface area contributed by atoms with Crippen LogP contribution in [-0.2, 0) is 11.3 Å². The number of amides is 1. The standard InChI is InChI=1S/C18H28N4O2.2ClH/c1-14-10-16(20-24-14)12-21-6-8-22(9-7-21)17(23)18-5-3-2-4-15(18)11-19-13-18;;/h10,15,19H,2-9,11-13H2,1H3;2*1H/t15-,18+;;/m0../s1. The van der Waals surface area contributed by atoms with Crippen LogP contribution >= 0.6 is 24.8 Å². The Morgan fingerprint density at radius 2 is 2.08 bits per heavy atom. The van der Waals surface area contributed by atoms with E-state index in [9.17, 15) is 4.79 Å². The Morgan fingerprint density at radius 3 is 2.77 bits per heavy atom. The van der Waals surface area contributed by atoms with Gasteiger partial charge in [0.1, 0.15) is 5.76 Å². The SMILES string of the molecule is Cc1cc(CN2CCN(C(=O)[C@@]34CCCC[C@H]3CNC4)CC2)no1.Cl.Cl. The number of carbonyl (C=O) groups excluding carboxylic acids is 1. The summed E-state index contributed by atoms with van der Waals surface area (Å²) in [7, 11) is 0. The first-order valence-electron chi connectivity index (χ1n) is 9.32. The van der Waals surface area contributed by atoms with Crippen LogP contribution in [0.3, 0.4) is 0 Å². The molecule has 0 aromatic carbocycles. The summed E-state index contributed by atoms with van der Waals surface area (Å²) < 4.78 is 5.14. The maximum atomic E-state index is 13.3. The summed E-state index contributed by atoms with van der Waals surface area (Å²) in [4.78, 5) is 17.8. The fraction of sp³-hybridized carbons (Fsp3) is 0.778. The van der Waals surface area contributed by atoms with Crippen LogP contribution in [0.4, 0.5) is 0 Å². The summed E-state index contributed by atoms with van der Waals surface area (Å²) >= 11 is 0. The Kier molecular flexibility index (Phi) is 7.36. The number of aryl methyl sites for hydroxylation is 1. The van der Waals surface area contributed by atoms with Gasteiger partial charge >= 0.3 is 0 Å². The lowest BCUT2D eigenvalue weighted by Crippen LogP contribution is -2.55. The van der Waals surface area contributed by atoms with Crippen molar-refractivity contribution in [2.24, 2.45) is 11.3 Å². The minimum Gasteiger partial charge on any atom is -0.361 e. The molecule has 148 valence electrons. The summed E-state index contributed by atoms with van der Waals surface area (Å²) in [6.45, 7) is 8.16. The van der Waals surface area contributed by atoms with Gasteiger partial charge in [0.05, 0.1) is 11.1 Å². The van der Waals surface area contributed by atoms with Crippen LogP contribution in [0.2, 0.25) is 0 Å². The Balaban J connectivity index is 0.00000121. The Hall–Kier alpha value is -0.820. The molecule has 1 aromatic heterocycles. The number of rotatable bonds is 3. The highest BCUT2D eigenvalue weighted by Gasteiger charge is 2.51. The summed E-state index contributed by atoms with van der Waals surface area (Å²) in [5, 5.41) is 7.57. The predicted molar refractivity (Wildman–Crippen MR) is 105 cm³/mol. The van der Waals surface area contributed by atoms with Crippen molar-refractivity contribution in [2.75, 3.05) is 39.3 Å². The van der Waals surface area contributed by atoms with Gasteiger partial charge < -0.3 is 14.7 Å². The van der Waals surface area contributed by atoms with Gasteiger partial charge in [-0.2, -0.15) is 0 Å². The molecule has 0 unspecified atom stereocenters. The van der Waals surface area contributed by atoms with E-state index in [0.29, 0.717) is 11.8 Å². The molecule has 3 fully saturated rings. The van der Waals surface area contributed by atoms with Crippen molar-refractivity contribution >= 4 is 30.7 Å². The molecule has 2 aliphatic heterocycles.